The summed E-state index contributed by atoms with van der Waals surface area (Å²) in [6.45, 7) is 0. The first-order chi connectivity index (χ1) is 17.1. The highest BCUT2D eigenvalue weighted by Gasteiger charge is 2.14. The fraction of sp³-hybridized carbons (Fsp3) is 0. The standard InChI is InChI=1S/C29H18ClN3O2/c30-25-14-10-22(11-15-25)7-6-21-8-12-23(13-9-21)28-20-29(24-4-2-1-3-5-24)32(31-28)26-16-18-27(19-17-26)33(34)35/h1-5,8-20H. The van der Waals surface area contributed by atoms with Crippen molar-refractivity contribution in [3.05, 3.63) is 135 Å². The first kappa shape index (κ1) is 22.1. The lowest BCUT2D eigenvalue weighted by atomic mass is 10.1. The molecule has 1 heterocycles. The third kappa shape index (κ3) is 4.98. The maximum absolute atomic E-state index is 11.1. The lowest BCUT2D eigenvalue weighted by Crippen LogP contribution is -1.99. The Balaban J connectivity index is 1.49. The molecule has 0 saturated carbocycles. The van der Waals surface area contributed by atoms with E-state index >= 15 is 0 Å². The van der Waals surface area contributed by atoms with Crippen molar-refractivity contribution >= 4 is 17.3 Å². The van der Waals surface area contributed by atoms with E-state index in [1.165, 1.54) is 12.1 Å². The summed E-state index contributed by atoms with van der Waals surface area (Å²) in [4.78, 5) is 10.7. The number of aromatic nitrogens is 2. The van der Waals surface area contributed by atoms with Gasteiger partial charge in [-0.2, -0.15) is 5.10 Å². The fourth-order valence-corrected chi connectivity index (χ4v) is 3.78. The molecule has 0 unspecified atom stereocenters. The number of benzene rings is 4. The Hall–Kier alpha value is -4.66. The smallest absolute Gasteiger partial charge is 0.258 e. The first-order valence-corrected chi connectivity index (χ1v) is 11.2. The molecule has 5 nitrogen and oxygen atoms in total. The molecule has 0 bridgehead atoms. The van der Waals surface area contributed by atoms with Crippen molar-refractivity contribution in [2.75, 3.05) is 0 Å². The number of non-ortho nitro benzene ring substituents is 1. The van der Waals surface area contributed by atoms with Gasteiger partial charge in [0, 0.05) is 39.4 Å². The van der Waals surface area contributed by atoms with Crippen molar-refractivity contribution in [2.24, 2.45) is 0 Å². The SMILES string of the molecule is O=[N+]([O-])c1ccc(-n2nc(-c3ccc(C#Cc4ccc(Cl)cc4)cc3)cc2-c2ccccc2)cc1. The Morgan fingerprint density at radius 2 is 1.34 bits per heavy atom. The van der Waals surface area contributed by atoms with Crippen LogP contribution in [-0.4, -0.2) is 14.7 Å². The molecule has 0 radical (unpaired) electrons. The number of hydrogen-bond acceptors (Lipinski definition) is 3. The Morgan fingerprint density at radius 1 is 0.743 bits per heavy atom. The van der Waals surface area contributed by atoms with Crippen LogP contribution in [0.3, 0.4) is 0 Å². The molecule has 5 rings (SSSR count). The summed E-state index contributed by atoms with van der Waals surface area (Å²) in [5.41, 5.74) is 6.19. The third-order valence-electron chi connectivity index (χ3n) is 5.46. The molecule has 1 aromatic heterocycles. The molecular weight excluding hydrogens is 458 g/mol. The molecule has 0 N–H and O–H groups in total. The molecule has 0 aliphatic rings. The molecule has 0 spiro atoms. The molecule has 5 aromatic rings. The maximum Gasteiger partial charge on any atom is 0.269 e. The second kappa shape index (κ2) is 9.68. The predicted octanol–water partition coefficient (Wildman–Crippen LogP) is 7.17. The summed E-state index contributed by atoms with van der Waals surface area (Å²) in [5, 5.41) is 16.6. The highest BCUT2D eigenvalue weighted by atomic mass is 35.5. The Bertz CT molecular complexity index is 1550. The van der Waals surface area contributed by atoms with E-state index in [1.54, 1.807) is 12.1 Å². The second-order valence-corrected chi connectivity index (χ2v) is 8.24. The summed E-state index contributed by atoms with van der Waals surface area (Å²) >= 11 is 5.93. The van der Waals surface area contributed by atoms with Crippen molar-refractivity contribution in [3.63, 3.8) is 0 Å². The number of halogens is 1. The van der Waals surface area contributed by atoms with E-state index in [-0.39, 0.29) is 5.69 Å². The summed E-state index contributed by atoms with van der Waals surface area (Å²) in [6, 6.07) is 33.6. The van der Waals surface area contributed by atoms with Crippen LogP contribution in [0.5, 0.6) is 0 Å². The highest BCUT2D eigenvalue weighted by molar-refractivity contribution is 6.30. The van der Waals surface area contributed by atoms with Crippen LogP contribution in [0.2, 0.25) is 5.02 Å². The van der Waals surface area contributed by atoms with Gasteiger partial charge < -0.3 is 0 Å². The quantitative estimate of drug-likeness (QED) is 0.157. The van der Waals surface area contributed by atoms with Crippen molar-refractivity contribution in [3.8, 4) is 40.0 Å². The Labute approximate surface area is 207 Å². The summed E-state index contributed by atoms with van der Waals surface area (Å²) in [7, 11) is 0. The predicted molar refractivity (Wildman–Crippen MR) is 139 cm³/mol. The molecule has 6 heteroatoms. The second-order valence-electron chi connectivity index (χ2n) is 7.80. The van der Waals surface area contributed by atoms with Crippen LogP contribution in [0, 0.1) is 22.0 Å². The van der Waals surface area contributed by atoms with E-state index in [4.69, 9.17) is 16.7 Å². The summed E-state index contributed by atoms with van der Waals surface area (Å²) < 4.78 is 1.81. The molecule has 0 atom stereocenters. The van der Waals surface area contributed by atoms with E-state index in [1.807, 2.05) is 89.6 Å². The molecule has 35 heavy (non-hydrogen) atoms. The van der Waals surface area contributed by atoms with E-state index in [9.17, 15) is 10.1 Å². The van der Waals surface area contributed by atoms with Crippen molar-refractivity contribution < 1.29 is 4.92 Å². The van der Waals surface area contributed by atoms with E-state index in [0.29, 0.717) is 5.02 Å². The molecular formula is C29H18ClN3O2. The summed E-state index contributed by atoms with van der Waals surface area (Å²) in [6.07, 6.45) is 0. The van der Waals surface area contributed by atoms with Crippen LogP contribution >= 0.6 is 11.6 Å². The van der Waals surface area contributed by atoms with Crippen LogP contribution in [-0.2, 0) is 0 Å². The van der Waals surface area contributed by atoms with Gasteiger partial charge in [-0.1, -0.05) is 65.9 Å². The number of rotatable bonds is 4. The van der Waals surface area contributed by atoms with Crippen LogP contribution < -0.4 is 0 Å². The van der Waals surface area contributed by atoms with E-state index < -0.39 is 4.92 Å². The number of hydrogen-bond donors (Lipinski definition) is 0. The Morgan fingerprint density at radius 3 is 1.94 bits per heavy atom. The molecule has 0 saturated heterocycles. The van der Waals surface area contributed by atoms with E-state index in [0.717, 1.165) is 39.3 Å². The minimum absolute atomic E-state index is 0.0395. The van der Waals surface area contributed by atoms with Crippen molar-refractivity contribution in [1.82, 2.24) is 9.78 Å². The van der Waals surface area contributed by atoms with Crippen LogP contribution in [0.4, 0.5) is 5.69 Å². The normalized spacial score (nSPS) is 10.4. The fourth-order valence-electron chi connectivity index (χ4n) is 3.65. The molecule has 168 valence electrons. The first-order valence-electron chi connectivity index (χ1n) is 10.9. The molecule has 0 aliphatic carbocycles. The minimum Gasteiger partial charge on any atom is -0.258 e. The third-order valence-corrected chi connectivity index (χ3v) is 5.71. The van der Waals surface area contributed by atoms with Gasteiger partial charge in [-0.05, 0) is 54.6 Å². The molecule has 0 aliphatic heterocycles. The van der Waals surface area contributed by atoms with Gasteiger partial charge in [-0.25, -0.2) is 4.68 Å². The zero-order valence-corrected chi connectivity index (χ0v) is 19.2. The van der Waals surface area contributed by atoms with Crippen LogP contribution in [0.1, 0.15) is 11.1 Å². The highest BCUT2D eigenvalue weighted by Crippen LogP contribution is 2.29. The van der Waals surface area contributed by atoms with Gasteiger partial charge in [0.15, 0.2) is 0 Å². The van der Waals surface area contributed by atoms with Gasteiger partial charge in [0.2, 0.25) is 0 Å². The molecule has 4 aromatic carbocycles. The van der Waals surface area contributed by atoms with Gasteiger partial charge in [-0.3, -0.25) is 10.1 Å². The average molecular weight is 476 g/mol. The largest absolute Gasteiger partial charge is 0.269 e. The van der Waals surface area contributed by atoms with Crippen LogP contribution in [0.15, 0.2) is 109 Å². The molecule has 0 amide bonds. The van der Waals surface area contributed by atoms with Crippen LogP contribution in [0.25, 0.3) is 28.2 Å². The lowest BCUT2D eigenvalue weighted by molar-refractivity contribution is -0.384. The van der Waals surface area contributed by atoms with Crippen molar-refractivity contribution in [2.45, 2.75) is 0 Å². The topological polar surface area (TPSA) is 61.0 Å². The average Bonchev–Trinajstić information content (AvgIpc) is 3.35. The van der Waals surface area contributed by atoms with Gasteiger partial charge in [0.05, 0.1) is 22.0 Å². The van der Waals surface area contributed by atoms with Gasteiger partial charge in [-0.15, -0.1) is 0 Å². The summed E-state index contributed by atoms with van der Waals surface area (Å²) in [5.74, 6) is 6.31. The van der Waals surface area contributed by atoms with Crippen molar-refractivity contribution in [1.29, 1.82) is 0 Å². The van der Waals surface area contributed by atoms with Gasteiger partial charge in [0.25, 0.3) is 5.69 Å². The Kier molecular flexibility index (Phi) is 6.13. The number of nitro groups is 1. The van der Waals surface area contributed by atoms with E-state index in [2.05, 4.69) is 11.8 Å². The maximum atomic E-state index is 11.1. The molecule has 0 fully saturated rings. The number of nitro benzene ring substituents is 1. The monoisotopic (exact) mass is 475 g/mol. The van der Waals surface area contributed by atoms with Gasteiger partial charge in [0.1, 0.15) is 0 Å². The number of nitrogens with zero attached hydrogens (tertiary/aromatic N) is 3. The zero-order chi connectivity index (χ0) is 24.2. The van der Waals surface area contributed by atoms with Gasteiger partial charge >= 0.3 is 0 Å². The zero-order valence-electron chi connectivity index (χ0n) is 18.4. The lowest BCUT2D eigenvalue weighted by Gasteiger charge is -2.07. The minimum atomic E-state index is -0.409.